The minimum atomic E-state index is 0.528. The van der Waals surface area contributed by atoms with E-state index in [1.807, 2.05) is 19.1 Å². The van der Waals surface area contributed by atoms with Crippen LogP contribution < -0.4 is 5.73 Å². The SMILES string of the molecule is CCc1nsc(Sc2cccc(N)n2)n1. The molecule has 15 heavy (non-hydrogen) atoms. The molecule has 2 heterocycles. The summed E-state index contributed by atoms with van der Waals surface area (Å²) in [4.78, 5) is 8.53. The number of nitrogen functional groups attached to an aromatic ring is 1. The summed E-state index contributed by atoms with van der Waals surface area (Å²) in [7, 11) is 0. The summed E-state index contributed by atoms with van der Waals surface area (Å²) in [6.45, 7) is 2.04. The van der Waals surface area contributed by atoms with Gasteiger partial charge in [-0.1, -0.05) is 13.0 Å². The quantitative estimate of drug-likeness (QED) is 0.888. The zero-order valence-corrected chi connectivity index (χ0v) is 9.81. The number of hydrogen-bond acceptors (Lipinski definition) is 6. The van der Waals surface area contributed by atoms with Gasteiger partial charge >= 0.3 is 0 Å². The smallest absolute Gasteiger partial charge is 0.176 e. The number of rotatable bonds is 3. The van der Waals surface area contributed by atoms with Crippen LogP contribution >= 0.6 is 23.3 Å². The molecule has 78 valence electrons. The lowest BCUT2D eigenvalue weighted by molar-refractivity contribution is 0.970. The molecule has 0 amide bonds. The fourth-order valence-corrected chi connectivity index (χ4v) is 2.64. The zero-order chi connectivity index (χ0) is 10.7. The minimum Gasteiger partial charge on any atom is -0.384 e. The molecule has 4 nitrogen and oxygen atoms in total. The summed E-state index contributed by atoms with van der Waals surface area (Å²) in [5.74, 6) is 1.41. The van der Waals surface area contributed by atoms with E-state index in [-0.39, 0.29) is 0 Å². The fraction of sp³-hybridized carbons (Fsp3) is 0.222. The molecule has 0 unspecified atom stereocenters. The molecule has 6 heteroatoms. The molecule has 0 aliphatic rings. The van der Waals surface area contributed by atoms with E-state index in [0.29, 0.717) is 5.82 Å². The van der Waals surface area contributed by atoms with Gasteiger partial charge in [0.25, 0.3) is 0 Å². The van der Waals surface area contributed by atoms with Crippen molar-refractivity contribution in [2.45, 2.75) is 22.7 Å². The Kier molecular flexibility index (Phi) is 3.17. The maximum atomic E-state index is 5.59. The molecule has 2 aromatic rings. The number of aryl methyl sites for hydroxylation is 1. The van der Waals surface area contributed by atoms with Gasteiger partial charge in [-0.15, -0.1) is 0 Å². The van der Waals surface area contributed by atoms with Gasteiger partial charge in [0.15, 0.2) is 4.34 Å². The van der Waals surface area contributed by atoms with E-state index in [1.165, 1.54) is 23.3 Å². The van der Waals surface area contributed by atoms with Crippen molar-refractivity contribution in [2.24, 2.45) is 0 Å². The first-order valence-corrected chi connectivity index (χ1v) is 6.10. The van der Waals surface area contributed by atoms with E-state index in [0.717, 1.165) is 21.6 Å². The highest BCUT2D eigenvalue weighted by atomic mass is 32.2. The molecule has 0 aliphatic carbocycles. The van der Waals surface area contributed by atoms with Crippen molar-refractivity contribution in [3.8, 4) is 0 Å². The van der Waals surface area contributed by atoms with Crippen LogP contribution in [-0.4, -0.2) is 14.3 Å². The maximum Gasteiger partial charge on any atom is 0.176 e. The average molecular weight is 238 g/mol. The normalized spacial score (nSPS) is 10.5. The Morgan fingerprint density at radius 3 is 2.93 bits per heavy atom. The van der Waals surface area contributed by atoms with Crippen LogP contribution in [0.15, 0.2) is 27.6 Å². The number of aromatic nitrogens is 3. The monoisotopic (exact) mass is 238 g/mol. The molecule has 0 fully saturated rings. The maximum absolute atomic E-state index is 5.59. The van der Waals surface area contributed by atoms with Crippen LogP contribution in [0.1, 0.15) is 12.7 Å². The van der Waals surface area contributed by atoms with Crippen molar-refractivity contribution in [1.82, 2.24) is 14.3 Å². The number of nitrogens with zero attached hydrogens (tertiary/aromatic N) is 3. The standard InChI is InChI=1S/C9H10N4S2/c1-2-7-12-9(15-13-7)14-8-5-3-4-6(10)11-8/h3-5H,2H2,1H3,(H2,10,11). The molecule has 0 saturated heterocycles. The largest absolute Gasteiger partial charge is 0.384 e. The molecule has 0 spiro atoms. The molecule has 2 rings (SSSR count). The van der Waals surface area contributed by atoms with Gasteiger partial charge in [0.1, 0.15) is 16.7 Å². The third-order valence-electron chi connectivity index (χ3n) is 1.70. The summed E-state index contributed by atoms with van der Waals surface area (Å²) in [5.41, 5.74) is 5.59. The predicted molar refractivity (Wildman–Crippen MR) is 62.1 cm³/mol. The number of anilines is 1. The van der Waals surface area contributed by atoms with E-state index < -0.39 is 0 Å². The lowest BCUT2D eigenvalue weighted by atomic mass is 10.5. The highest BCUT2D eigenvalue weighted by molar-refractivity contribution is 8.00. The highest BCUT2D eigenvalue weighted by Crippen LogP contribution is 2.27. The second-order valence-electron chi connectivity index (χ2n) is 2.83. The third kappa shape index (κ3) is 2.66. The summed E-state index contributed by atoms with van der Waals surface area (Å²) in [6.07, 6.45) is 0.863. The van der Waals surface area contributed by atoms with Crippen LogP contribution in [0.25, 0.3) is 0 Å². The van der Waals surface area contributed by atoms with Gasteiger partial charge < -0.3 is 5.73 Å². The van der Waals surface area contributed by atoms with Gasteiger partial charge in [-0.2, -0.15) is 4.37 Å². The first-order valence-electron chi connectivity index (χ1n) is 4.51. The van der Waals surface area contributed by atoms with Gasteiger partial charge in [0.2, 0.25) is 0 Å². The Morgan fingerprint density at radius 1 is 1.40 bits per heavy atom. The molecule has 0 bridgehead atoms. The van der Waals surface area contributed by atoms with Crippen molar-refractivity contribution >= 4 is 29.1 Å². The van der Waals surface area contributed by atoms with E-state index in [9.17, 15) is 0 Å². The highest BCUT2D eigenvalue weighted by Gasteiger charge is 2.05. The molecular weight excluding hydrogens is 228 g/mol. The van der Waals surface area contributed by atoms with Crippen molar-refractivity contribution in [3.63, 3.8) is 0 Å². The summed E-state index contributed by atoms with van der Waals surface area (Å²) >= 11 is 2.89. The van der Waals surface area contributed by atoms with Crippen LogP contribution in [0.5, 0.6) is 0 Å². The summed E-state index contributed by atoms with van der Waals surface area (Å²) < 4.78 is 5.11. The van der Waals surface area contributed by atoms with Crippen molar-refractivity contribution in [1.29, 1.82) is 0 Å². The number of pyridine rings is 1. The molecule has 0 aromatic carbocycles. The van der Waals surface area contributed by atoms with Gasteiger partial charge in [-0.05, 0) is 35.4 Å². The molecule has 2 N–H and O–H groups in total. The van der Waals surface area contributed by atoms with Crippen LogP contribution in [0.2, 0.25) is 0 Å². The second kappa shape index (κ2) is 4.59. The number of nitrogens with two attached hydrogens (primary N) is 1. The molecule has 0 atom stereocenters. The van der Waals surface area contributed by atoms with Crippen LogP contribution in [0.4, 0.5) is 5.82 Å². The van der Waals surface area contributed by atoms with Crippen LogP contribution in [0, 0.1) is 0 Å². The lowest BCUT2D eigenvalue weighted by Crippen LogP contribution is -1.89. The second-order valence-corrected chi connectivity index (χ2v) is 4.85. The van der Waals surface area contributed by atoms with E-state index in [1.54, 1.807) is 6.07 Å². The molecule has 0 aliphatic heterocycles. The van der Waals surface area contributed by atoms with Crippen molar-refractivity contribution in [3.05, 3.63) is 24.0 Å². The number of hydrogen-bond donors (Lipinski definition) is 1. The molecule has 2 aromatic heterocycles. The van der Waals surface area contributed by atoms with Crippen molar-refractivity contribution < 1.29 is 0 Å². The molecular formula is C9H10N4S2. The van der Waals surface area contributed by atoms with Crippen molar-refractivity contribution in [2.75, 3.05) is 5.73 Å². The van der Waals surface area contributed by atoms with Gasteiger partial charge in [0, 0.05) is 6.42 Å². The van der Waals surface area contributed by atoms with E-state index in [2.05, 4.69) is 14.3 Å². The Balaban J connectivity index is 2.14. The van der Waals surface area contributed by atoms with E-state index >= 15 is 0 Å². The fourth-order valence-electron chi connectivity index (χ4n) is 1.00. The van der Waals surface area contributed by atoms with Gasteiger partial charge in [-0.25, -0.2) is 9.97 Å². The lowest BCUT2D eigenvalue weighted by Gasteiger charge is -1.96. The average Bonchev–Trinajstić information content (AvgIpc) is 2.65. The minimum absolute atomic E-state index is 0.528. The Bertz CT molecular complexity index is 455. The van der Waals surface area contributed by atoms with E-state index in [4.69, 9.17) is 5.73 Å². The molecule has 0 saturated carbocycles. The van der Waals surface area contributed by atoms with Gasteiger partial charge in [0.05, 0.1) is 0 Å². The Hall–Kier alpha value is -1.14. The Morgan fingerprint density at radius 2 is 2.27 bits per heavy atom. The summed E-state index contributed by atoms with van der Waals surface area (Å²) in [5, 5.41) is 0.855. The van der Waals surface area contributed by atoms with Crippen LogP contribution in [-0.2, 0) is 6.42 Å². The first-order chi connectivity index (χ1) is 7.28. The first kappa shape index (κ1) is 10.4. The third-order valence-corrected chi connectivity index (χ3v) is 3.43. The van der Waals surface area contributed by atoms with Crippen LogP contribution in [0.3, 0.4) is 0 Å². The summed E-state index contributed by atoms with van der Waals surface area (Å²) in [6, 6.07) is 5.56. The Labute approximate surface area is 96.1 Å². The molecule has 0 radical (unpaired) electrons. The zero-order valence-electron chi connectivity index (χ0n) is 8.17. The predicted octanol–water partition coefficient (Wildman–Crippen LogP) is 2.23. The topological polar surface area (TPSA) is 64.7 Å². The van der Waals surface area contributed by atoms with Gasteiger partial charge in [-0.3, -0.25) is 0 Å².